The average molecular weight is 316 g/mol. The first-order valence-corrected chi connectivity index (χ1v) is 6.91. The lowest BCUT2D eigenvalue weighted by atomic mass is 10.1. The normalized spacial score (nSPS) is 10.7. The maximum Gasteiger partial charge on any atom is 0.337 e. The monoisotopic (exact) mass is 315 g/mol. The number of carbonyl (C=O) groups excluding carboxylic acids is 1. The Morgan fingerprint density at radius 3 is 2.55 bits per heavy atom. The molecule has 0 spiro atoms. The quantitative estimate of drug-likeness (QED) is 0.654. The zero-order valence-corrected chi connectivity index (χ0v) is 12.4. The maximum atomic E-state index is 13.0. The Bertz CT molecular complexity index is 862. The summed E-state index contributed by atoms with van der Waals surface area (Å²) >= 11 is 6.27. The number of hydrogen-bond acceptors (Lipinski definition) is 3. The van der Waals surface area contributed by atoms with Gasteiger partial charge in [-0.2, -0.15) is 0 Å². The van der Waals surface area contributed by atoms with E-state index in [4.69, 9.17) is 16.3 Å². The van der Waals surface area contributed by atoms with Crippen molar-refractivity contribution in [2.75, 3.05) is 7.11 Å². The number of rotatable bonds is 2. The van der Waals surface area contributed by atoms with Crippen molar-refractivity contribution in [2.24, 2.45) is 0 Å². The van der Waals surface area contributed by atoms with E-state index in [1.165, 1.54) is 19.2 Å². The van der Waals surface area contributed by atoms with Crippen LogP contribution in [-0.4, -0.2) is 18.1 Å². The molecular formula is C17H11ClFNO2. The molecule has 3 aromatic rings. The predicted molar refractivity (Wildman–Crippen MR) is 83.5 cm³/mol. The number of fused-ring (bicyclic) bond motifs is 1. The summed E-state index contributed by atoms with van der Waals surface area (Å²) in [4.78, 5) is 16.0. The van der Waals surface area contributed by atoms with Crippen LogP contribution in [0.3, 0.4) is 0 Å². The lowest BCUT2D eigenvalue weighted by Gasteiger charge is -2.07. The van der Waals surface area contributed by atoms with Crippen LogP contribution in [0, 0.1) is 5.82 Å². The molecule has 0 N–H and O–H groups in total. The number of carbonyl (C=O) groups is 1. The van der Waals surface area contributed by atoms with E-state index in [9.17, 15) is 9.18 Å². The molecule has 0 fully saturated rings. The number of methoxy groups -OCH3 is 1. The van der Waals surface area contributed by atoms with Gasteiger partial charge < -0.3 is 4.74 Å². The van der Waals surface area contributed by atoms with Crippen LogP contribution in [-0.2, 0) is 4.74 Å². The van der Waals surface area contributed by atoms with E-state index in [2.05, 4.69) is 4.98 Å². The molecule has 0 amide bonds. The van der Waals surface area contributed by atoms with Crippen molar-refractivity contribution in [3.8, 4) is 11.3 Å². The Balaban J connectivity index is 2.13. The van der Waals surface area contributed by atoms with Crippen LogP contribution in [0.25, 0.3) is 22.2 Å². The molecule has 1 heterocycles. The summed E-state index contributed by atoms with van der Waals surface area (Å²) in [6, 6.07) is 12.7. The zero-order valence-electron chi connectivity index (χ0n) is 11.6. The highest BCUT2D eigenvalue weighted by Gasteiger charge is 2.11. The van der Waals surface area contributed by atoms with Crippen molar-refractivity contribution in [3.05, 3.63) is 64.9 Å². The largest absolute Gasteiger partial charge is 0.465 e. The first-order valence-electron chi connectivity index (χ1n) is 6.53. The van der Waals surface area contributed by atoms with Crippen LogP contribution in [0.4, 0.5) is 4.39 Å². The highest BCUT2D eigenvalue weighted by atomic mass is 35.5. The third kappa shape index (κ3) is 2.65. The molecule has 0 saturated carbocycles. The molecule has 0 aliphatic heterocycles. The van der Waals surface area contributed by atoms with E-state index in [1.54, 1.807) is 36.4 Å². The summed E-state index contributed by atoms with van der Waals surface area (Å²) in [5, 5.41) is 1.17. The van der Waals surface area contributed by atoms with Gasteiger partial charge in [-0.1, -0.05) is 11.6 Å². The second-order valence-electron chi connectivity index (χ2n) is 4.72. The molecular weight excluding hydrogens is 305 g/mol. The molecule has 0 aliphatic carbocycles. The Hall–Kier alpha value is -2.46. The van der Waals surface area contributed by atoms with E-state index in [0.717, 1.165) is 10.9 Å². The Kier molecular flexibility index (Phi) is 3.77. The minimum Gasteiger partial charge on any atom is -0.465 e. The Morgan fingerprint density at radius 2 is 1.86 bits per heavy atom. The van der Waals surface area contributed by atoms with E-state index in [0.29, 0.717) is 21.8 Å². The molecule has 0 saturated heterocycles. The highest BCUT2D eigenvalue weighted by Crippen LogP contribution is 2.29. The number of pyridine rings is 1. The average Bonchev–Trinajstić information content (AvgIpc) is 2.54. The third-order valence-electron chi connectivity index (χ3n) is 3.31. The first kappa shape index (κ1) is 14.5. The van der Waals surface area contributed by atoms with Crippen molar-refractivity contribution in [3.63, 3.8) is 0 Å². The van der Waals surface area contributed by atoms with Crippen LogP contribution in [0.1, 0.15) is 10.4 Å². The van der Waals surface area contributed by atoms with Gasteiger partial charge in [0.05, 0.1) is 28.9 Å². The van der Waals surface area contributed by atoms with Crippen molar-refractivity contribution in [1.29, 1.82) is 0 Å². The molecule has 0 atom stereocenters. The predicted octanol–water partition coefficient (Wildman–Crippen LogP) is 4.48. The minimum atomic E-state index is -0.416. The van der Waals surface area contributed by atoms with Crippen molar-refractivity contribution in [2.45, 2.75) is 0 Å². The lowest BCUT2D eigenvalue weighted by molar-refractivity contribution is 0.0601. The molecule has 0 radical (unpaired) electrons. The molecule has 2 aromatic carbocycles. The summed E-state index contributed by atoms with van der Waals surface area (Å²) in [5.41, 5.74) is 2.42. The summed E-state index contributed by atoms with van der Waals surface area (Å²) < 4.78 is 17.7. The van der Waals surface area contributed by atoms with Gasteiger partial charge in [-0.25, -0.2) is 14.2 Å². The molecule has 3 nitrogen and oxygen atoms in total. The third-order valence-corrected chi connectivity index (χ3v) is 3.60. The first-order chi connectivity index (χ1) is 10.6. The molecule has 0 unspecified atom stereocenters. The van der Waals surface area contributed by atoms with Crippen LogP contribution in [0.5, 0.6) is 0 Å². The molecule has 22 heavy (non-hydrogen) atoms. The van der Waals surface area contributed by atoms with Crippen LogP contribution in [0.2, 0.25) is 5.02 Å². The fourth-order valence-corrected chi connectivity index (χ4v) is 2.47. The number of nitrogens with zero attached hydrogens (tertiary/aromatic N) is 1. The Morgan fingerprint density at radius 1 is 1.14 bits per heavy atom. The smallest absolute Gasteiger partial charge is 0.337 e. The molecule has 110 valence electrons. The summed E-state index contributed by atoms with van der Waals surface area (Å²) in [7, 11) is 1.33. The van der Waals surface area contributed by atoms with Gasteiger partial charge in [0, 0.05) is 10.9 Å². The number of aromatic nitrogens is 1. The maximum absolute atomic E-state index is 13.0. The summed E-state index contributed by atoms with van der Waals surface area (Å²) in [6.45, 7) is 0. The molecule has 5 heteroatoms. The number of ether oxygens (including phenoxy) is 1. The molecule has 1 aromatic heterocycles. The standard InChI is InChI=1S/C17H11ClFNO2/c1-22-17(21)11-4-7-15-12(8-11)9-14(18)16(20-15)10-2-5-13(19)6-3-10/h2-9H,1H3. The van der Waals surface area contributed by atoms with E-state index < -0.39 is 5.97 Å². The van der Waals surface area contributed by atoms with Gasteiger partial charge in [-0.05, 0) is 48.5 Å². The van der Waals surface area contributed by atoms with Gasteiger partial charge in [0.1, 0.15) is 5.82 Å². The lowest BCUT2D eigenvalue weighted by Crippen LogP contribution is -2.00. The van der Waals surface area contributed by atoms with Crippen molar-refractivity contribution < 1.29 is 13.9 Å². The van der Waals surface area contributed by atoms with Gasteiger partial charge in [-0.15, -0.1) is 0 Å². The van der Waals surface area contributed by atoms with Crippen molar-refractivity contribution in [1.82, 2.24) is 4.98 Å². The van der Waals surface area contributed by atoms with Gasteiger partial charge in [0.25, 0.3) is 0 Å². The molecule has 0 aliphatic rings. The van der Waals surface area contributed by atoms with Gasteiger partial charge in [-0.3, -0.25) is 0 Å². The SMILES string of the molecule is COC(=O)c1ccc2nc(-c3ccc(F)cc3)c(Cl)cc2c1. The topological polar surface area (TPSA) is 39.2 Å². The van der Waals surface area contributed by atoms with Gasteiger partial charge in [0.15, 0.2) is 0 Å². The zero-order chi connectivity index (χ0) is 15.7. The van der Waals surface area contributed by atoms with E-state index in [-0.39, 0.29) is 5.82 Å². The fraction of sp³-hybridized carbons (Fsp3) is 0.0588. The molecule has 3 rings (SSSR count). The van der Waals surface area contributed by atoms with Crippen LogP contribution in [0.15, 0.2) is 48.5 Å². The number of benzene rings is 2. The molecule has 0 bridgehead atoms. The second kappa shape index (κ2) is 5.73. The van der Waals surface area contributed by atoms with Gasteiger partial charge in [0.2, 0.25) is 0 Å². The van der Waals surface area contributed by atoms with Crippen LogP contribution >= 0.6 is 11.6 Å². The number of halogens is 2. The minimum absolute atomic E-state index is 0.316. The highest BCUT2D eigenvalue weighted by molar-refractivity contribution is 6.33. The van der Waals surface area contributed by atoms with E-state index >= 15 is 0 Å². The summed E-state index contributed by atoms with van der Waals surface area (Å²) in [6.07, 6.45) is 0. The second-order valence-corrected chi connectivity index (χ2v) is 5.13. The Labute approximate surface area is 131 Å². The van der Waals surface area contributed by atoms with Gasteiger partial charge >= 0.3 is 5.97 Å². The fourth-order valence-electron chi connectivity index (χ4n) is 2.21. The van der Waals surface area contributed by atoms with E-state index in [1.807, 2.05) is 0 Å². The number of hydrogen-bond donors (Lipinski definition) is 0. The summed E-state index contributed by atoms with van der Waals surface area (Å²) in [5.74, 6) is -0.732. The van der Waals surface area contributed by atoms with Crippen LogP contribution < -0.4 is 0 Å². The van der Waals surface area contributed by atoms with Crippen molar-refractivity contribution >= 4 is 28.5 Å². The number of esters is 1.